The number of halogens is 4. The zero-order valence-corrected chi connectivity index (χ0v) is 23.7. The summed E-state index contributed by atoms with van der Waals surface area (Å²) in [5, 5.41) is -0.679. The molecule has 0 fully saturated rings. The van der Waals surface area contributed by atoms with E-state index in [1.54, 1.807) is 0 Å². The Morgan fingerprint density at radius 1 is 0.947 bits per heavy atom. The molecule has 206 valence electrons. The van der Waals surface area contributed by atoms with Crippen molar-refractivity contribution in [1.82, 2.24) is 9.55 Å². The second kappa shape index (κ2) is 10.7. The zero-order chi connectivity index (χ0) is 28.7. The highest BCUT2D eigenvalue weighted by atomic mass is 35.5. The van der Waals surface area contributed by atoms with Crippen LogP contribution in [0.25, 0.3) is 5.69 Å². The number of alkyl halides is 3. The number of rotatable bonds is 7. The molecule has 0 aliphatic rings. The van der Waals surface area contributed by atoms with Crippen LogP contribution in [0.2, 0.25) is 5.02 Å². The molecule has 0 amide bonds. The van der Waals surface area contributed by atoms with Crippen molar-refractivity contribution in [2.75, 3.05) is 0 Å². The van der Waals surface area contributed by atoms with Crippen molar-refractivity contribution in [3.8, 4) is 11.6 Å². The van der Waals surface area contributed by atoms with Crippen LogP contribution in [0.5, 0.6) is 5.88 Å². The normalized spacial score (nSPS) is 12.6. The number of aromatic nitrogens is 2. The van der Waals surface area contributed by atoms with Crippen molar-refractivity contribution >= 4 is 21.7 Å². The molecule has 0 N–H and O–H groups in total. The Labute approximate surface area is 225 Å². The van der Waals surface area contributed by atoms with Gasteiger partial charge in [0.2, 0.25) is 5.88 Å². The van der Waals surface area contributed by atoms with Gasteiger partial charge in [-0.25, -0.2) is 0 Å². The van der Waals surface area contributed by atoms with E-state index in [0.717, 1.165) is 28.3 Å². The summed E-state index contributed by atoms with van der Waals surface area (Å²) in [6.45, 7) is 12.9. The van der Waals surface area contributed by atoms with E-state index in [4.69, 9.17) is 15.8 Å². The number of hydrogen-bond acceptors (Lipinski definition) is 5. The fraction of sp³-hybridized carbons (Fsp3) is 0.407. The summed E-state index contributed by atoms with van der Waals surface area (Å²) in [5.41, 5.74) is -0.0444. The molecular formula is C27H30ClF3N2O4S. The van der Waals surface area contributed by atoms with E-state index in [-0.39, 0.29) is 34.2 Å². The molecule has 3 rings (SSSR count). The number of aryl methyl sites for hydroxylation is 1. The molecule has 0 aliphatic heterocycles. The van der Waals surface area contributed by atoms with Crippen LogP contribution in [0.1, 0.15) is 87.4 Å². The van der Waals surface area contributed by atoms with Gasteiger partial charge in [-0.3, -0.25) is 9.36 Å². The number of benzene rings is 2. The lowest BCUT2D eigenvalue weighted by molar-refractivity contribution is -0.137. The maximum Gasteiger partial charge on any atom is 0.417 e. The van der Waals surface area contributed by atoms with Gasteiger partial charge in [0.1, 0.15) is 10.7 Å². The first-order valence-electron chi connectivity index (χ1n) is 12.0. The van der Waals surface area contributed by atoms with E-state index in [0.29, 0.717) is 11.1 Å². The largest absolute Gasteiger partial charge is 0.417 e. The van der Waals surface area contributed by atoms with E-state index >= 15 is 0 Å². The van der Waals surface area contributed by atoms with Crippen molar-refractivity contribution in [3.05, 3.63) is 79.9 Å². The first-order valence-corrected chi connectivity index (χ1v) is 13.8. The molecule has 0 spiro atoms. The Bertz CT molecular complexity index is 1500. The maximum absolute atomic E-state index is 13.6. The standard InChI is InChI=1S/C27H30ClF3N2O4S/c1-14(2)18-11-19(15(3)4)26(20(12-18)16(5)6)38(35,36)37-23-13-24(34)33(17(7)32-23)22-10-8-9-21(25(22)28)27(29,30)31/h8-16H,1-7H3. The molecule has 0 radical (unpaired) electrons. The molecule has 38 heavy (non-hydrogen) atoms. The van der Waals surface area contributed by atoms with E-state index in [2.05, 4.69) is 4.98 Å². The summed E-state index contributed by atoms with van der Waals surface area (Å²) in [4.78, 5) is 17.1. The summed E-state index contributed by atoms with van der Waals surface area (Å²) < 4.78 is 73.4. The smallest absolute Gasteiger partial charge is 0.358 e. The Hall–Kier alpha value is -2.85. The van der Waals surface area contributed by atoms with Crippen molar-refractivity contribution in [2.24, 2.45) is 0 Å². The molecule has 0 atom stereocenters. The van der Waals surface area contributed by atoms with Crippen molar-refractivity contribution < 1.29 is 25.8 Å². The van der Waals surface area contributed by atoms with Gasteiger partial charge in [-0.05, 0) is 53.5 Å². The minimum absolute atomic E-state index is 0.0245. The van der Waals surface area contributed by atoms with Crippen LogP contribution in [0.3, 0.4) is 0 Å². The van der Waals surface area contributed by atoms with Gasteiger partial charge in [0, 0.05) is 0 Å². The lowest BCUT2D eigenvalue weighted by Crippen LogP contribution is -2.24. The Balaban J connectivity index is 2.15. The van der Waals surface area contributed by atoms with Crippen molar-refractivity contribution in [3.63, 3.8) is 0 Å². The van der Waals surface area contributed by atoms with Gasteiger partial charge < -0.3 is 4.18 Å². The van der Waals surface area contributed by atoms with Crippen molar-refractivity contribution in [2.45, 2.75) is 77.3 Å². The summed E-state index contributed by atoms with van der Waals surface area (Å²) in [5.74, 6) is -0.727. The quantitative estimate of drug-likeness (QED) is 0.277. The third kappa shape index (κ3) is 5.91. The minimum Gasteiger partial charge on any atom is -0.358 e. The summed E-state index contributed by atoms with van der Waals surface area (Å²) in [6.07, 6.45) is -4.73. The van der Waals surface area contributed by atoms with Crippen LogP contribution in [-0.2, 0) is 16.3 Å². The third-order valence-corrected chi connectivity index (χ3v) is 7.87. The lowest BCUT2D eigenvalue weighted by Gasteiger charge is -2.22. The fourth-order valence-electron chi connectivity index (χ4n) is 4.15. The van der Waals surface area contributed by atoms with Crippen LogP contribution in [0.4, 0.5) is 13.2 Å². The molecular weight excluding hydrogens is 541 g/mol. The molecule has 0 aliphatic carbocycles. The van der Waals surface area contributed by atoms with Gasteiger partial charge in [0.25, 0.3) is 5.56 Å². The maximum atomic E-state index is 13.6. The average molecular weight is 571 g/mol. The molecule has 3 aromatic rings. The second-order valence-corrected chi connectivity index (χ2v) is 11.8. The SMILES string of the molecule is Cc1nc(OS(=O)(=O)c2c(C(C)C)cc(C(C)C)cc2C(C)C)cc(=O)n1-c1cccc(C(F)(F)F)c1Cl. The Morgan fingerprint density at radius 2 is 1.50 bits per heavy atom. The molecule has 0 saturated carbocycles. The molecule has 0 unspecified atom stereocenters. The summed E-state index contributed by atoms with van der Waals surface area (Å²) in [6, 6.07) is 7.67. The highest BCUT2D eigenvalue weighted by Gasteiger charge is 2.35. The van der Waals surface area contributed by atoms with Crippen LogP contribution in [0.15, 0.2) is 46.1 Å². The molecule has 2 aromatic carbocycles. The first-order chi connectivity index (χ1) is 17.5. The van der Waals surface area contributed by atoms with Gasteiger partial charge in [0.05, 0.1) is 22.3 Å². The number of nitrogens with zero attached hydrogens (tertiary/aromatic N) is 2. The third-order valence-electron chi connectivity index (χ3n) is 6.11. The zero-order valence-electron chi connectivity index (χ0n) is 22.1. The molecule has 0 bridgehead atoms. The topological polar surface area (TPSA) is 78.3 Å². The van der Waals surface area contributed by atoms with E-state index in [1.807, 2.05) is 53.7 Å². The van der Waals surface area contributed by atoms with Crippen LogP contribution >= 0.6 is 11.6 Å². The molecule has 11 heteroatoms. The van der Waals surface area contributed by atoms with Crippen molar-refractivity contribution in [1.29, 1.82) is 0 Å². The highest BCUT2D eigenvalue weighted by Crippen LogP contribution is 2.38. The van der Waals surface area contributed by atoms with E-state index in [1.165, 1.54) is 13.0 Å². The highest BCUT2D eigenvalue weighted by molar-refractivity contribution is 7.87. The van der Waals surface area contributed by atoms with E-state index in [9.17, 15) is 26.4 Å². The van der Waals surface area contributed by atoms with Gasteiger partial charge in [-0.15, -0.1) is 0 Å². The molecule has 1 aromatic heterocycles. The molecule has 0 saturated heterocycles. The Morgan fingerprint density at radius 3 is 1.95 bits per heavy atom. The Kier molecular flexibility index (Phi) is 8.38. The minimum atomic E-state index is -4.73. The van der Waals surface area contributed by atoms with Crippen LogP contribution < -0.4 is 9.74 Å². The predicted octanol–water partition coefficient (Wildman–Crippen LogP) is 7.35. The molecule has 6 nitrogen and oxygen atoms in total. The lowest BCUT2D eigenvalue weighted by atomic mass is 9.89. The first kappa shape index (κ1) is 29.7. The fourth-order valence-corrected chi connectivity index (χ4v) is 6.03. The molecule has 1 heterocycles. The van der Waals surface area contributed by atoms with E-state index < -0.39 is 38.3 Å². The van der Waals surface area contributed by atoms with Crippen LogP contribution in [-0.4, -0.2) is 18.0 Å². The monoisotopic (exact) mass is 570 g/mol. The average Bonchev–Trinajstić information content (AvgIpc) is 2.77. The van der Waals surface area contributed by atoms with Crippen LogP contribution in [0, 0.1) is 6.92 Å². The second-order valence-electron chi connectivity index (χ2n) is 9.98. The van der Waals surface area contributed by atoms with Gasteiger partial charge in [-0.2, -0.15) is 26.6 Å². The predicted molar refractivity (Wildman–Crippen MR) is 141 cm³/mol. The van der Waals surface area contributed by atoms with Gasteiger partial charge in [0.15, 0.2) is 0 Å². The van der Waals surface area contributed by atoms with Gasteiger partial charge >= 0.3 is 16.3 Å². The summed E-state index contributed by atoms with van der Waals surface area (Å²) in [7, 11) is -4.44. The number of hydrogen-bond donors (Lipinski definition) is 0. The summed E-state index contributed by atoms with van der Waals surface area (Å²) >= 11 is 5.99. The van der Waals surface area contributed by atoms with Gasteiger partial charge in [-0.1, -0.05) is 71.3 Å².